The number of thiophene rings is 2. The minimum absolute atomic E-state index is 0.630. The largest absolute Gasteiger partial charge is 0.310 e. The molecule has 0 fully saturated rings. The molecule has 0 radical (unpaired) electrons. The van der Waals surface area contributed by atoms with E-state index in [2.05, 4.69) is 471 Å². The van der Waals surface area contributed by atoms with Gasteiger partial charge in [0.25, 0.3) is 0 Å². The number of fused-ring (bicyclic) bond motifs is 11. The molecule has 566 valence electrons. The van der Waals surface area contributed by atoms with Crippen molar-refractivity contribution in [2.24, 2.45) is 0 Å². The molecule has 0 amide bonds. The van der Waals surface area contributed by atoms with Crippen LogP contribution in [0.25, 0.3) is 162 Å². The molecular weight excluding hydrogens is 1500 g/mol. The lowest BCUT2D eigenvalue weighted by molar-refractivity contribution is 0.768. The zero-order valence-corrected chi connectivity index (χ0v) is 67.7. The van der Waals surface area contributed by atoms with Gasteiger partial charge in [0.2, 0.25) is 0 Å². The number of hydrogen-bond acceptors (Lipinski definition) is 4. The highest BCUT2D eigenvalue weighted by Gasteiger charge is 2.46. The topological polar surface area (TPSA) is 6.48 Å². The van der Waals surface area contributed by atoms with Crippen molar-refractivity contribution in [1.29, 1.82) is 0 Å². The lowest BCUT2D eigenvalue weighted by Gasteiger charge is -2.35. The maximum Gasteiger partial charge on any atom is 0.0714 e. The van der Waals surface area contributed by atoms with Crippen LogP contribution in [0.1, 0.15) is 22.3 Å². The third-order valence-corrected chi connectivity index (χ3v) is 27.5. The average molecular weight is 1570 g/mol. The molecule has 2 aromatic heterocycles. The van der Waals surface area contributed by atoms with Gasteiger partial charge in [0.05, 0.1) is 16.8 Å². The first kappa shape index (κ1) is 71.3. The summed E-state index contributed by atoms with van der Waals surface area (Å²) < 4.78 is 5.10. The fraction of sp³-hybridized carbons (Fsp3) is 0.00855. The Labute approximate surface area is 712 Å². The van der Waals surface area contributed by atoms with E-state index in [4.69, 9.17) is 0 Å². The van der Waals surface area contributed by atoms with Crippen LogP contribution in [0.2, 0.25) is 0 Å². The van der Waals surface area contributed by atoms with Gasteiger partial charge >= 0.3 is 0 Å². The van der Waals surface area contributed by atoms with Crippen molar-refractivity contribution in [3.63, 3.8) is 0 Å². The Hall–Kier alpha value is -15.0. The molecular formula is C117H76N2S2. The predicted octanol–water partition coefficient (Wildman–Crippen LogP) is 33.4. The van der Waals surface area contributed by atoms with Crippen LogP contribution in [-0.2, 0) is 5.41 Å². The molecule has 0 spiro atoms. The second-order valence-electron chi connectivity index (χ2n) is 31.7. The molecule has 121 heavy (non-hydrogen) atoms. The van der Waals surface area contributed by atoms with Crippen LogP contribution in [0.5, 0.6) is 0 Å². The highest BCUT2D eigenvalue weighted by atomic mass is 32.1. The van der Waals surface area contributed by atoms with Crippen molar-refractivity contribution >= 4 is 119 Å². The molecule has 20 aromatic carbocycles. The van der Waals surface area contributed by atoms with Gasteiger partial charge in [-0.25, -0.2) is 0 Å². The molecule has 1 aliphatic carbocycles. The van der Waals surface area contributed by atoms with Gasteiger partial charge < -0.3 is 9.80 Å². The van der Waals surface area contributed by atoms with Crippen LogP contribution in [0, 0.1) is 0 Å². The summed E-state index contributed by atoms with van der Waals surface area (Å²) in [5.41, 5.74) is 31.9. The van der Waals surface area contributed by atoms with Gasteiger partial charge in [0.1, 0.15) is 0 Å². The summed E-state index contributed by atoms with van der Waals surface area (Å²) in [5.74, 6) is 0. The number of para-hydroxylation sites is 1. The molecule has 2 heterocycles. The standard InChI is InChI=1S/C117H76N2S2/c1-3-29-89(30-4-1)117(90-31-5-2-6-32-90)109-46-15-11-36-99(109)100-73-71-94(76-110(100)117)119(92-69-64-80(65-70-92)78-54-58-85(59-55-78)97-40-20-26-83-24-7-9-34-95(83)97)112-75-88(66-72-102(112)106-43-23-45-108-104-39-14-18-49-114(104)121-116(106)108)82-52-50-77(51-53-82)79-62-67-91(68-63-79)118(111-47-16-12-37-101(111)105-42-22-44-107-103-38-13-17-48-113(103)120-115(105)107)93-33-19-28-87(74-93)81-56-60-86(61-57-81)98-41-21-27-84-25-8-10-35-96(84)98/h1-76H. The summed E-state index contributed by atoms with van der Waals surface area (Å²) in [6, 6.07) is 172. The number of benzene rings is 20. The smallest absolute Gasteiger partial charge is 0.0714 e. The van der Waals surface area contributed by atoms with E-state index in [0.29, 0.717) is 0 Å². The SMILES string of the molecule is c1ccc(C2(c3ccccc3)c3ccccc3-c3ccc(N(c4ccc(-c5ccc(-c6cccc7ccccc67)cc5)cc4)c4cc(-c5ccc(-c6ccc(N(c7cccc(-c8ccc(-c9cccc%10ccccc9%10)cc8)c7)c7ccccc7-c7cccc8c7sc7ccccc78)cc6)cc5)ccc4-c4cccc5c4sc4ccccc45)cc32)cc1. The minimum Gasteiger partial charge on any atom is -0.310 e. The number of hydrogen-bond donors (Lipinski definition) is 0. The van der Waals surface area contributed by atoms with Crippen molar-refractivity contribution in [2.45, 2.75) is 5.41 Å². The van der Waals surface area contributed by atoms with E-state index in [-0.39, 0.29) is 0 Å². The molecule has 1 aliphatic rings. The Bertz CT molecular complexity index is 7680. The molecule has 2 nitrogen and oxygen atoms in total. The summed E-state index contributed by atoms with van der Waals surface area (Å²) in [6.07, 6.45) is 0. The van der Waals surface area contributed by atoms with E-state index in [0.717, 1.165) is 84.2 Å². The summed E-state index contributed by atoms with van der Waals surface area (Å²) in [6.45, 7) is 0. The third-order valence-electron chi connectivity index (χ3n) is 25.0. The normalized spacial score (nSPS) is 12.2. The van der Waals surface area contributed by atoms with Crippen LogP contribution in [0.3, 0.4) is 0 Å². The number of rotatable bonds is 16. The molecule has 0 saturated heterocycles. The van der Waals surface area contributed by atoms with Crippen molar-refractivity contribution in [2.75, 3.05) is 9.80 Å². The Balaban J connectivity index is 0.655. The highest BCUT2D eigenvalue weighted by Crippen LogP contribution is 2.59. The fourth-order valence-electron chi connectivity index (χ4n) is 19.3. The Kier molecular flexibility index (Phi) is 17.6. The van der Waals surface area contributed by atoms with Crippen LogP contribution < -0.4 is 9.80 Å². The lowest BCUT2D eigenvalue weighted by Crippen LogP contribution is -2.28. The summed E-state index contributed by atoms with van der Waals surface area (Å²) in [7, 11) is 0. The molecule has 0 saturated carbocycles. The maximum atomic E-state index is 2.55. The molecule has 22 aromatic rings. The van der Waals surface area contributed by atoms with E-state index in [1.165, 1.54) is 134 Å². The van der Waals surface area contributed by atoms with E-state index < -0.39 is 5.41 Å². The van der Waals surface area contributed by atoms with Gasteiger partial charge in [-0.3, -0.25) is 0 Å². The van der Waals surface area contributed by atoms with Gasteiger partial charge in [-0.1, -0.05) is 388 Å². The van der Waals surface area contributed by atoms with Crippen molar-refractivity contribution in [3.8, 4) is 100 Å². The van der Waals surface area contributed by atoms with Gasteiger partial charge in [0.15, 0.2) is 0 Å². The van der Waals surface area contributed by atoms with E-state index in [9.17, 15) is 0 Å². The van der Waals surface area contributed by atoms with E-state index >= 15 is 0 Å². The second-order valence-corrected chi connectivity index (χ2v) is 33.8. The maximum absolute atomic E-state index is 2.55. The van der Waals surface area contributed by atoms with E-state index in [1.807, 2.05) is 22.7 Å². The van der Waals surface area contributed by atoms with Crippen molar-refractivity contribution < 1.29 is 0 Å². The average Bonchev–Trinajstić information content (AvgIpc) is 1.54. The van der Waals surface area contributed by atoms with Gasteiger partial charge in [-0.05, 0) is 194 Å². The number of anilines is 6. The third kappa shape index (κ3) is 12.3. The summed E-state index contributed by atoms with van der Waals surface area (Å²) in [4.78, 5) is 5.00. The van der Waals surface area contributed by atoms with Crippen LogP contribution in [0.15, 0.2) is 461 Å². The number of nitrogens with zero attached hydrogens (tertiary/aromatic N) is 2. The molecule has 0 bridgehead atoms. The quantitative estimate of drug-likeness (QED) is 0.0951. The zero-order chi connectivity index (χ0) is 79.9. The zero-order valence-electron chi connectivity index (χ0n) is 66.1. The van der Waals surface area contributed by atoms with Gasteiger partial charge in [-0.15, -0.1) is 22.7 Å². The van der Waals surface area contributed by atoms with E-state index in [1.54, 1.807) is 0 Å². The molecule has 0 aliphatic heterocycles. The van der Waals surface area contributed by atoms with Crippen LogP contribution in [0.4, 0.5) is 34.1 Å². The van der Waals surface area contributed by atoms with Gasteiger partial charge in [0, 0.05) is 85.3 Å². The lowest BCUT2D eigenvalue weighted by atomic mass is 9.67. The van der Waals surface area contributed by atoms with Crippen molar-refractivity contribution in [1.82, 2.24) is 0 Å². The monoisotopic (exact) mass is 1570 g/mol. The first-order chi connectivity index (χ1) is 60.0. The van der Waals surface area contributed by atoms with Crippen LogP contribution in [-0.4, -0.2) is 0 Å². The first-order valence-corrected chi connectivity index (χ1v) is 43.2. The Morgan fingerprint density at radius 3 is 1.06 bits per heavy atom. The van der Waals surface area contributed by atoms with Crippen molar-refractivity contribution in [3.05, 3.63) is 483 Å². The minimum atomic E-state index is -0.630. The predicted molar refractivity (Wildman–Crippen MR) is 517 cm³/mol. The summed E-state index contributed by atoms with van der Waals surface area (Å²) >= 11 is 3.75. The summed E-state index contributed by atoms with van der Waals surface area (Å²) in [5, 5.41) is 10.1. The highest BCUT2D eigenvalue weighted by molar-refractivity contribution is 7.26. The first-order valence-electron chi connectivity index (χ1n) is 41.6. The molecule has 0 unspecified atom stereocenters. The Morgan fingerprint density at radius 2 is 0.512 bits per heavy atom. The molecule has 4 heteroatoms. The fourth-order valence-corrected chi connectivity index (χ4v) is 21.7. The molecule has 23 rings (SSSR count). The van der Waals surface area contributed by atoms with Gasteiger partial charge in [-0.2, -0.15) is 0 Å². The second kappa shape index (κ2) is 29.8. The molecule has 0 N–H and O–H groups in total. The molecule has 0 atom stereocenters. The Morgan fingerprint density at radius 1 is 0.174 bits per heavy atom. The van der Waals surface area contributed by atoms with Crippen LogP contribution >= 0.6 is 22.7 Å².